The molecule has 0 aliphatic carbocycles. The number of rotatable bonds is 3. The van der Waals surface area contributed by atoms with E-state index in [2.05, 4.69) is 12.0 Å². The Kier molecular flexibility index (Phi) is 6.02. The van der Waals surface area contributed by atoms with Crippen LogP contribution in [-0.2, 0) is 7.05 Å². The SMILES string of the molecule is CC.CCCOc1nn(C)cc1C. The second-order valence-electron chi connectivity index (χ2n) is 2.64. The van der Waals surface area contributed by atoms with Gasteiger partial charge in [-0.3, -0.25) is 4.68 Å². The quantitative estimate of drug-likeness (QED) is 0.721. The van der Waals surface area contributed by atoms with Crippen LogP contribution in [0, 0.1) is 6.92 Å². The Hall–Kier alpha value is -0.990. The highest BCUT2D eigenvalue weighted by atomic mass is 16.5. The molecular weight excluding hydrogens is 164 g/mol. The lowest BCUT2D eigenvalue weighted by molar-refractivity contribution is 0.300. The molecule has 1 heterocycles. The summed E-state index contributed by atoms with van der Waals surface area (Å²) in [5.74, 6) is 0.759. The van der Waals surface area contributed by atoms with Crippen LogP contribution in [0.2, 0.25) is 0 Å². The van der Waals surface area contributed by atoms with Crippen LogP contribution in [0.3, 0.4) is 0 Å². The molecular formula is C10H20N2O. The summed E-state index contributed by atoms with van der Waals surface area (Å²) >= 11 is 0. The van der Waals surface area contributed by atoms with E-state index in [1.165, 1.54) is 0 Å². The van der Waals surface area contributed by atoms with Gasteiger partial charge in [0, 0.05) is 18.8 Å². The zero-order valence-corrected chi connectivity index (χ0v) is 9.29. The van der Waals surface area contributed by atoms with E-state index in [9.17, 15) is 0 Å². The van der Waals surface area contributed by atoms with Crippen molar-refractivity contribution in [1.82, 2.24) is 9.78 Å². The zero-order chi connectivity index (χ0) is 10.3. The maximum Gasteiger partial charge on any atom is 0.235 e. The molecule has 1 rings (SSSR count). The summed E-state index contributed by atoms with van der Waals surface area (Å²) in [6, 6.07) is 0. The van der Waals surface area contributed by atoms with E-state index in [0.29, 0.717) is 0 Å². The molecule has 13 heavy (non-hydrogen) atoms. The fourth-order valence-corrected chi connectivity index (χ4v) is 0.928. The number of hydrogen-bond acceptors (Lipinski definition) is 2. The number of hydrogen-bond donors (Lipinski definition) is 0. The summed E-state index contributed by atoms with van der Waals surface area (Å²) in [4.78, 5) is 0. The second-order valence-corrected chi connectivity index (χ2v) is 2.64. The first-order valence-corrected chi connectivity index (χ1v) is 4.87. The molecule has 0 aromatic carbocycles. The van der Waals surface area contributed by atoms with Gasteiger partial charge < -0.3 is 4.74 Å². The number of ether oxygens (including phenoxy) is 1. The van der Waals surface area contributed by atoms with Gasteiger partial charge in [0.25, 0.3) is 0 Å². The lowest BCUT2D eigenvalue weighted by atomic mass is 10.4. The minimum Gasteiger partial charge on any atom is -0.476 e. The maximum absolute atomic E-state index is 5.37. The zero-order valence-electron chi connectivity index (χ0n) is 9.29. The number of aromatic nitrogens is 2. The smallest absolute Gasteiger partial charge is 0.235 e. The minimum absolute atomic E-state index is 0.748. The Morgan fingerprint density at radius 1 is 1.46 bits per heavy atom. The molecule has 0 N–H and O–H groups in total. The first-order valence-electron chi connectivity index (χ1n) is 4.87. The minimum atomic E-state index is 0.748. The standard InChI is InChI=1S/C8H14N2O.C2H6/c1-4-5-11-8-7(2)6-10(3)9-8;1-2/h6H,4-5H2,1-3H3;1-2H3. The fourth-order valence-electron chi connectivity index (χ4n) is 0.928. The molecule has 0 fully saturated rings. The summed E-state index contributed by atoms with van der Waals surface area (Å²) in [5, 5.41) is 4.14. The normalized spacial score (nSPS) is 9.00. The van der Waals surface area contributed by atoms with Crippen LogP contribution in [0.15, 0.2) is 6.20 Å². The van der Waals surface area contributed by atoms with E-state index in [0.717, 1.165) is 24.5 Å². The molecule has 0 saturated carbocycles. The summed E-state index contributed by atoms with van der Waals surface area (Å²) in [7, 11) is 1.89. The third-order valence-corrected chi connectivity index (χ3v) is 1.41. The first-order chi connectivity index (χ1) is 6.24. The van der Waals surface area contributed by atoms with Gasteiger partial charge in [0.05, 0.1) is 6.61 Å². The predicted octanol–water partition coefficient (Wildman–Crippen LogP) is 2.54. The molecule has 0 saturated heterocycles. The van der Waals surface area contributed by atoms with Crippen molar-refractivity contribution in [2.24, 2.45) is 7.05 Å². The molecule has 1 aromatic rings. The van der Waals surface area contributed by atoms with E-state index in [-0.39, 0.29) is 0 Å². The van der Waals surface area contributed by atoms with Crippen molar-refractivity contribution < 1.29 is 4.74 Å². The predicted molar refractivity (Wildman–Crippen MR) is 55.1 cm³/mol. The van der Waals surface area contributed by atoms with Crippen molar-refractivity contribution in [1.29, 1.82) is 0 Å². The molecule has 1 aromatic heterocycles. The topological polar surface area (TPSA) is 27.1 Å². The third kappa shape index (κ3) is 3.97. The number of nitrogens with zero attached hydrogens (tertiary/aromatic N) is 2. The van der Waals surface area contributed by atoms with Crippen LogP contribution in [0.4, 0.5) is 0 Å². The van der Waals surface area contributed by atoms with Crippen molar-refractivity contribution in [2.75, 3.05) is 6.61 Å². The van der Waals surface area contributed by atoms with Crippen molar-refractivity contribution in [3.63, 3.8) is 0 Å². The van der Waals surface area contributed by atoms with Crippen LogP contribution in [0.25, 0.3) is 0 Å². The molecule has 3 nitrogen and oxygen atoms in total. The average Bonchev–Trinajstić information content (AvgIpc) is 2.45. The van der Waals surface area contributed by atoms with Crippen molar-refractivity contribution in [3.8, 4) is 5.88 Å². The maximum atomic E-state index is 5.37. The van der Waals surface area contributed by atoms with Crippen LogP contribution >= 0.6 is 0 Å². The lowest BCUT2D eigenvalue weighted by Crippen LogP contribution is -1.97. The van der Waals surface area contributed by atoms with Gasteiger partial charge in [-0.1, -0.05) is 20.8 Å². The highest BCUT2D eigenvalue weighted by Crippen LogP contribution is 2.12. The van der Waals surface area contributed by atoms with E-state index < -0.39 is 0 Å². The molecule has 76 valence electrons. The van der Waals surface area contributed by atoms with Gasteiger partial charge >= 0.3 is 0 Å². The Bertz CT molecular complexity index is 231. The van der Waals surface area contributed by atoms with E-state index >= 15 is 0 Å². The molecule has 0 aliphatic heterocycles. The molecule has 0 atom stereocenters. The van der Waals surface area contributed by atoms with Gasteiger partial charge in [0.1, 0.15) is 0 Å². The van der Waals surface area contributed by atoms with Crippen LogP contribution in [-0.4, -0.2) is 16.4 Å². The molecule has 0 spiro atoms. The van der Waals surface area contributed by atoms with Crippen molar-refractivity contribution in [2.45, 2.75) is 34.1 Å². The van der Waals surface area contributed by atoms with Crippen LogP contribution in [0.5, 0.6) is 5.88 Å². The molecule has 3 heteroatoms. The van der Waals surface area contributed by atoms with Crippen molar-refractivity contribution in [3.05, 3.63) is 11.8 Å². The van der Waals surface area contributed by atoms with E-state index in [1.54, 1.807) is 4.68 Å². The summed E-state index contributed by atoms with van der Waals surface area (Å²) in [5.41, 5.74) is 1.10. The summed E-state index contributed by atoms with van der Waals surface area (Å²) in [6.07, 6.45) is 2.97. The van der Waals surface area contributed by atoms with Gasteiger partial charge in [-0.05, 0) is 13.3 Å². The third-order valence-electron chi connectivity index (χ3n) is 1.41. The lowest BCUT2D eigenvalue weighted by Gasteiger charge is -1.99. The van der Waals surface area contributed by atoms with Crippen LogP contribution in [0.1, 0.15) is 32.8 Å². The fraction of sp³-hybridized carbons (Fsp3) is 0.700. The highest BCUT2D eigenvalue weighted by Gasteiger charge is 2.01. The summed E-state index contributed by atoms with van der Waals surface area (Å²) in [6.45, 7) is 8.83. The van der Waals surface area contributed by atoms with Gasteiger partial charge in [0.15, 0.2) is 0 Å². The van der Waals surface area contributed by atoms with E-state index in [4.69, 9.17) is 4.74 Å². The van der Waals surface area contributed by atoms with Gasteiger partial charge in [0.2, 0.25) is 5.88 Å². The molecule has 0 bridgehead atoms. The Morgan fingerprint density at radius 3 is 2.46 bits per heavy atom. The Morgan fingerprint density at radius 2 is 2.08 bits per heavy atom. The second kappa shape index (κ2) is 6.52. The largest absolute Gasteiger partial charge is 0.476 e. The first kappa shape index (κ1) is 12.0. The molecule has 0 radical (unpaired) electrons. The summed E-state index contributed by atoms with van der Waals surface area (Å²) < 4.78 is 7.14. The van der Waals surface area contributed by atoms with E-state index in [1.807, 2.05) is 34.0 Å². The van der Waals surface area contributed by atoms with Crippen LogP contribution < -0.4 is 4.74 Å². The highest BCUT2D eigenvalue weighted by molar-refractivity contribution is 5.20. The van der Waals surface area contributed by atoms with Gasteiger partial charge in [-0.25, -0.2) is 0 Å². The molecule has 0 aliphatic rings. The van der Waals surface area contributed by atoms with Gasteiger partial charge in [-0.2, -0.15) is 0 Å². The van der Waals surface area contributed by atoms with Gasteiger partial charge in [-0.15, -0.1) is 5.10 Å². The molecule has 0 unspecified atom stereocenters. The Balaban J connectivity index is 0.000000671. The average molecular weight is 184 g/mol. The monoisotopic (exact) mass is 184 g/mol. The van der Waals surface area contributed by atoms with Crippen molar-refractivity contribution >= 4 is 0 Å². The number of aryl methyl sites for hydroxylation is 2. The Labute approximate surface area is 80.7 Å². The molecule has 0 amide bonds.